The van der Waals surface area contributed by atoms with Crippen LogP contribution in [0.3, 0.4) is 0 Å². The lowest BCUT2D eigenvalue weighted by Gasteiger charge is -2.15. The van der Waals surface area contributed by atoms with Crippen molar-refractivity contribution in [2.24, 2.45) is 0 Å². The fourth-order valence-corrected chi connectivity index (χ4v) is 2.44. The van der Waals surface area contributed by atoms with Gasteiger partial charge in [-0.1, -0.05) is 0 Å². The molecular formula is C18H10F7N4O4+. The lowest BCUT2D eigenvalue weighted by molar-refractivity contribution is -0.948. The molecule has 3 aromatic rings. The molecule has 0 bridgehead atoms. The maximum absolute atomic E-state index is 14.7. The van der Waals surface area contributed by atoms with Crippen molar-refractivity contribution < 1.29 is 55.1 Å². The van der Waals surface area contributed by atoms with E-state index in [0.717, 1.165) is 42.7 Å². The van der Waals surface area contributed by atoms with E-state index >= 15 is 0 Å². The summed E-state index contributed by atoms with van der Waals surface area (Å²) in [5, 5.41) is 14.7. The highest BCUT2D eigenvalue weighted by Crippen LogP contribution is 2.36. The lowest BCUT2D eigenvalue weighted by atomic mass is 10.1. The molecular weight excluding hydrogens is 469 g/mol. The molecule has 0 unspecified atom stereocenters. The number of hydrogen-bond acceptors (Lipinski definition) is 6. The second-order valence-corrected chi connectivity index (χ2v) is 6.07. The van der Waals surface area contributed by atoms with Gasteiger partial charge < -0.3 is 14.8 Å². The van der Waals surface area contributed by atoms with Gasteiger partial charge in [-0.15, -0.1) is 13.2 Å². The molecule has 1 amide bonds. The molecule has 15 heteroatoms. The highest BCUT2D eigenvalue weighted by molar-refractivity contribution is 6.06. The first-order valence-electron chi connectivity index (χ1n) is 8.51. The van der Waals surface area contributed by atoms with Crippen LogP contribution in [0.5, 0.6) is 17.2 Å². The smallest absolute Gasteiger partial charge is 0.455 e. The average molecular weight is 479 g/mol. The number of rotatable bonds is 5. The van der Waals surface area contributed by atoms with E-state index in [0.29, 0.717) is 6.20 Å². The number of anilines is 1. The zero-order valence-corrected chi connectivity index (χ0v) is 15.8. The van der Waals surface area contributed by atoms with Crippen molar-refractivity contribution in [3.63, 3.8) is 0 Å². The molecule has 0 radical (unpaired) electrons. The number of ether oxygens (including phenoxy) is 2. The summed E-state index contributed by atoms with van der Waals surface area (Å²) in [7, 11) is 0. The predicted molar refractivity (Wildman–Crippen MR) is 92.0 cm³/mol. The van der Waals surface area contributed by atoms with Crippen molar-refractivity contribution >= 4 is 11.6 Å². The fraction of sp³-hybridized carbons (Fsp3) is 0.111. The highest BCUT2D eigenvalue weighted by atomic mass is 19.4. The molecule has 8 nitrogen and oxygen atoms in total. The summed E-state index contributed by atoms with van der Waals surface area (Å²) >= 11 is 0. The van der Waals surface area contributed by atoms with Crippen LogP contribution in [0, 0.1) is 5.82 Å². The molecule has 1 aromatic carbocycles. The third-order valence-corrected chi connectivity index (χ3v) is 3.72. The Kier molecular flexibility index (Phi) is 6.23. The van der Waals surface area contributed by atoms with E-state index in [-0.39, 0.29) is 16.3 Å². The first-order valence-corrected chi connectivity index (χ1v) is 8.51. The number of amides is 1. The summed E-state index contributed by atoms with van der Waals surface area (Å²) in [5.74, 6) is -5.12. The SMILES string of the molecule is O=C(Nc1ccn[n+](O)c1)c1c(Oc2ccc(OC(F)(F)F)cc2)cnc(C(F)(F)F)c1F. The molecule has 0 aliphatic rings. The molecule has 3 rings (SSSR count). The molecule has 2 heterocycles. The van der Waals surface area contributed by atoms with Crippen LogP contribution in [0.2, 0.25) is 0 Å². The third kappa shape index (κ3) is 5.96. The average Bonchev–Trinajstić information content (AvgIpc) is 2.67. The van der Waals surface area contributed by atoms with Crippen LogP contribution in [0.1, 0.15) is 16.1 Å². The van der Waals surface area contributed by atoms with Gasteiger partial charge in [-0.05, 0) is 30.3 Å². The van der Waals surface area contributed by atoms with Gasteiger partial charge in [0.2, 0.25) is 0 Å². The van der Waals surface area contributed by atoms with E-state index in [2.05, 4.69) is 20.1 Å². The van der Waals surface area contributed by atoms with Gasteiger partial charge in [0.05, 0.1) is 6.20 Å². The van der Waals surface area contributed by atoms with E-state index in [9.17, 15) is 40.7 Å². The van der Waals surface area contributed by atoms with E-state index in [1.807, 2.05) is 0 Å². The van der Waals surface area contributed by atoms with Crippen LogP contribution in [0.15, 0.2) is 48.9 Å². The molecule has 0 spiro atoms. The Morgan fingerprint density at radius 2 is 1.67 bits per heavy atom. The van der Waals surface area contributed by atoms with Crippen molar-refractivity contribution in [2.45, 2.75) is 12.5 Å². The number of nitrogens with one attached hydrogen (secondary N) is 1. The monoisotopic (exact) mass is 479 g/mol. The summed E-state index contributed by atoms with van der Waals surface area (Å²) in [6.45, 7) is 0. The van der Waals surface area contributed by atoms with Crippen LogP contribution in [0.4, 0.5) is 36.4 Å². The third-order valence-electron chi connectivity index (χ3n) is 3.72. The molecule has 174 valence electrons. The van der Waals surface area contributed by atoms with E-state index in [1.165, 1.54) is 0 Å². The summed E-state index contributed by atoms with van der Waals surface area (Å²) in [4.78, 5) is 15.8. The van der Waals surface area contributed by atoms with Gasteiger partial charge in [0, 0.05) is 5.10 Å². The molecule has 0 saturated heterocycles. The van der Waals surface area contributed by atoms with Crippen molar-refractivity contribution in [3.8, 4) is 17.2 Å². The highest BCUT2D eigenvalue weighted by Gasteiger charge is 2.39. The van der Waals surface area contributed by atoms with E-state index in [1.54, 1.807) is 0 Å². The summed E-state index contributed by atoms with van der Waals surface area (Å²) < 4.78 is 99.6. The number of nitrogens with zero attached hydrogens (tertiary/aromatic N) is 3. The van der Waals surface area contributed by atoms with Gasteiger partial charge in [0.15, 0.2) is 17.3 Å². The number of halogens is 7. The Morgan fingerprint density at radius 3 is 2.24 bits per heavy atom. The minimum atomic E-state index is -5.25. The van der Waals surface area contributed by atoms with Crippen LogP contribution in [0.25, 0.3) is 0 Å². The Labute approximate surface area is 178 Å². The zero-order valence-electron chi connectivity index (χ0n) is 15.8. The van der Waals surface area contributed by atoms with Crippen LogP contribution >= 0.6 is 0 Å². The minimum Gasteiger partial charge on any atom is -0.455 e. The summed E-state index contributed by atoms with van der Waals surface area (Å²) in [6, 6.07) is 4.68. The molecule has 0 saturated carbocycles. The number of benzene rings is 1. The molecule has 2 N–H and O–H groups in total. The fourth-order valence-electron chi connectivity index (χ4n) is 2.44. The number of carbonyl (C=O) groups excluding carboxylic acids is 1. The van der Waals surface area contributed by atoms with Crippen molar-refractivity contribution in [1.82, 2.24) is 10.1 Å². The maximum Gasteiger partial charge on any atom is 0.573 e. The molecule has 2 aromatic heterocycles. The Balaban J connectivity index is 1.97. The van der Waals surface area contributed by atoms with Crippen LogP contribution in [-0.2, 0) is 6.18 Å². The Morgan fingerprint density at radius 1 is 1.03 bits per heavy atom. The van der Waals surface area contributed by atoms with E-state index in [4.69, 9.17) is 4.74 Å². The van der Waals surface area contributed by atoms with Crippen molar-refractivity contribution in [2.75, 3.05) is 5.32 Å². The number of pyridine rings is 1. The van der Waals surface area contributed by atoms with Gasteiger partial charge in [0.25, 0.3) is 12.1 Å². The van der Waals surface area contributed by atoms with Crippen LogP contribution in [-0.4, -0.2) is 27.6 Å². The predicted octanol–water partition coefficient (Wildman–Crippen LogP) is 4.10. The topological polar surface area (TPSA) is 97.5 Å². The van der Waals surface area contributed by atoms with Gasteiger partial charge in [-0.3, -0.25) is 10.0 Å². The molecule has 0 aliphatic carbocycles. The normalized spacial score (nSPS) is 11.7. The zero-order chi connectivity index (χ0) is 24.4. The Hall–Kier alpha value is -4.17. The number of hydrogen-bond donors (Lipinski definition) is 2. The molecule has 33 heavy (non-hydrogen) atoms. The largest absolute Gasteiger partial charge is 0.573 e. The van der Waals surface area contributed by atoms with Gasteiger partial charge in [-0.2, -0.15) is 13.2 Å². The van der Waals surface area contributed by atoms with Crippen LogP contribution < -0.4 is 19.6 Å². The second kappa shape index (κ2) is 8.76. The molecule has 0 aliphatic heterocycles. The standard InChI is InChI=1S/C18H9F7N4O4/c19-14-13(16(30)28-9-5-6-27-29(31)8-9)12(7-26-15(14)17(20,21)22)32-10-1-3-11(4-2-10)33-18(23,24)25/h1-8H,(H-,27,28,30,31)/p+1. The molecule has 0 fully saturated rings. The van der Waals surface area contributed by atoms with Crippen molar-refractivity contribution in [3.05, 3.63) is 66.0 Å². The van der Waals surface area contributed by atoms with Gasteiger partial charge >= 0.3 is 12.5 Å². The van der Waals surface area contributed by atoms with Crippen molar-refractivity contribution in [1.29, 1.82) is 0 Å². The minimum absolute atomic E-state index is 0.165. The lowest BCUT2D eigenvalue weighted by Crippen LogP contribution is -2.34. The van der Waals surface area contributed by atoms with E-state index < -0.39 is 47.0 Å². The second-order valence-electron chi connectivity index (χ2n) is 6.07. The maximum atomic E-state index is 14.7. The summed E-state index contributed by atoms with van der Waals surface area (Å²) in [5.41, 5.74) is -3.36. The number of carbonyl (C=O) groups is 1. The summed E-state index contributed by atoms with van der Waals surface area (Å²) in [6.07, 6.45) is -7.89. The first-order chi connectivity index (χ1) is 15.3. The van der Waals surface area contributed by atoms with Gasteiger partial charge in [0.1, 0.15) is 33.8 Å². The molecule has 0 atom stereocenters. The van der Waals surface area contributed by atoms with Gasteiger partial charge in [-0.25, -0.2) is 9.37 Å². The first kappa shape index (κ1) is 23.5. The Bertz CT molecular complexity index is 1170. The number of aromatic nitrogens is 3. The number of alkyl halides is 6. The quantitative estimate of drug-likeness (QED) is 0.325.